The van der Waals surface area contributed by atoms with Crippen molar-refractivity contribution in [2.24, 2.45) is 5.73 Å². The molecule has 0 aliphatic carbocycles. The summed E-state index contributed by atoms with van der Waals surface area (Å²) in [5.41, 5.74) is 7.02. The first kappa shape index (κ1) is 14.8. The highest BCUT2D eigenvalue weighted by Gasteiger charge is 2.39. The number of ether oxygens (including phenoxy) is 3. The molecule has 0 bridgehead atoms. The second-order valence-electron chi connectivity index (χ2n) is 6.24. The monoisotopic (exact) mass is 291 g/mol. The molecule has 0 radical (unpaired) electrons. The number of nitrogens with two attached hydrogens (primary N) is 1. The van der Waals surface area contributed by atoms with E-state index < -0.39 is 0 Å². The number of hydrogen-bond acceptors (Lipinski definition) is 4. The minimum atomic E-state index is -0.0278. The van der Waals surface area contributed by atoms with Gasteiger partial charge in [-0.15, -0.1) is 0 Å². The zero-order chi connectivity index (χ0) is 14.7. The summed E-state index contributed by atoms with van der Waals surface area (Å²) >= 11 is 0. The smallest absolute Gasteiger partial charge is 0.120 e. The molecule has 0 saturated carbocycles. The maximum Gasteiger partial charge on any atom is 0.120 e. The van der Waals surface area contributed by atoms with Gasteiger partial charge >= 0.3 is 0 Å². The summed E-state index contributed by atoms with van der Waals surface area (Å²) in [6, 6.07) is 8.15. The van der Waals surface area contributed by atoms with Gasteiger partial charge in [0.1, 0.15) is 11.9 Å². The van der Waals surface area contributed by atoms with Gasteiger partial charge < -0.3 is 19.9 Å². The quantitative estimate of drug-likeness (QED) is 0.930. The van der Waals surface area contributed by atoms with Crippen LogP contribution >= 0.6 is 0 Å². The van der Waals surface area contributed by atoms with E-state index in [9.17, 15) is 0 Å². The highest BCUT2D eigenvalue weighted by molar-refractivity contribution is 5.30. The fourth-order valence-corrected chi connectivity index (χ4v) is 3.24. The molecule has 116 valence electrons. The summed E-state index contributed by atoms with van der Waals surface area (Å²) in [7, 11) is 0. The summed E-state index contributed by atoms with van der Waals surface area (Å²) in [5.74, 6) is 0.916. The minimum absolute atomic E-state index is 0.0278. The SMILES string of the molecule is C[C@H](N)c1cccc(OC2CCOC3(CCOCC3)C2)c1. The van der Waals surface area contributed by atoms with Crippen LogP contribution in [-0.2, 0) is 9.47 Å². The van der Waals surface area contributed by atoms with Crippen LogP contribution in [0.3, 0.4) is 0 Å². The molecule has 0 amide bonds. The van der Waals surface area contributed by atoms with Crippen LogP contribution in [0.15, 0.2) is 24.3 Å². The van der Waals surface area contributed by atoms with Crippen molar-refractivity contribution in [2.75, 3.05) is 19.8 Å². The molecule has 2 heterocycles. The molecule has 2 aliphatic rings. The van der Waals surface area contributed by atoms with Gasteiger partial charge in [0.05, 0.1) is 12.2 Å². The third-order valence-electron chi connectivity index (χ3n) is 4.54. The van der Waals surface area contributed by atoms with Crippen molar-refractivity contribution in [1.82, 2.24) is 0 Å². The Kier molecular flexibility index (Phi) is 4.48. The van der Waals surface area contributed by atoms with Gasteiger partial charge in [-0.1, -0.05) is 12.1 Å². The standard InChI is InChI=1S/C17H25NO3/c1-13(18)14-3-2-4-15(11-14)21-16-5-8-20-17(12-16)6-9-19-10-7-17/h2-4,11,13,16H,5-10,12,18H2,1H3/t13-,16?/m0/s1. The average Bonchev–Trinajstić information content (AvgIpc) is 2.48. The van der Waals surface area contributed by atoms with Crippen LogP contribution in [0.4, 0.5) is 0 Å². The first-order valence-corrected chi connectivity index (χ1v) is 7.91. The topological polar surface area (TPSA) is 53.7 Å². The van der Waals surface area contributed by atoms with Crippen LogP contribution in [0.25, 0.3) is 0 Å². The van der Waals surface area contributed by atoms with Gasteiger partial charge in [-0.25, -0.2) is 0 Å². The van der Waals surface area contributed by atoms with E-state index in [0.29, 0.717) is 0 Å². The molecule has 2 atom stereocenters. The first-order valence-electron chi connectivity index (χ1n) is 7.91. The molecule has 4 heteroatoms. The normalized spacial score (nSPS) is 26.5. The summed E-state index contributed by atoms with van der Waals surface area (Å²) in [5, 5.41) is 0. The number of hydrogen-bond donors (Lipinski definition) is 1. The maximum absolute atomic E-state index is 6.20. The molecule has 3 rings (SSSR count). The van der Waals surface area contributed by atoms with E-state index in [-0.39, 0.29) is 17.7 Å². The van der Waals surface area contributed by atoms with E-state index in [2.05, 4.69) is 6.07 Å². The Morgan fingerprint density at radius 1 is 1.29 bits per heavy atom. The molecule has 1 unspecified atom stereocenters. The number of rotatable bonds is 3. The van der Waals surface area contributed by atoms with Gasteiger partial charge in [-0.3, -0.25) is 0 Å². The summed E-state index contributed by atoms with van der Waals surface area (Å²) in [6.07, 6.45) is 4.09. The fourth-order valence-electron chi connectivity index (χ4n) is 3.24. The highest BCUT2D eigenvalue weighted by atomic mass is 16.5. The molecular formula is C17H25NO3. The van der Waals surface area contributed by atoms with Gasteiger partial charge in [0.15, 0.2) is 0 Å². The second-order valence-corrected chi connectivity index (χ2v) is 6.24. The minimum Gasteiger partial charge on any atom is -0.490 e. The van der Waals surface area contributed by atoms with Crippen molar-refractivity contribution in [3.8, 4) is 5.75 Å². The molecule has 2 saturated heterocycles. The molecule has 1 spiro atoms. The van der Waals surface area contributed by atoms with Crippen molar-refractivity contribution in [2.45, 2.75) is 50.4 Å². The predicted molar refractivity (Wildman–Crippen MR) is 81.4 cm³/mol. The van der Waals surface area contributed by atoms with Crippen molar-refractivity contribution in [3.05, 3.63) is 29.8 Å². The number of benzene rings is 1. The van der Waals surface area contributed by atoms with E-state index >= 15 is 0 Å². The average molecular weight is 291 g/mol. The molecule has 0 aromatic heterocycles. The first-order chi connectivity index (χ1) is 10.2. The highest BCUT2D eigenvalue weighted by Crippen LogP contribution is 2.35. The third-order valence-corrected chi connectivity index (χ3v) is 4.54. The van der Waals surface area contributed by atoms with Crippen molar-refractivity contribution >= 4 is 0 Å². The third kappa shape index (κ3) is 3.57. The Hall–Kier alpha value is -1.10. The van der Waals surface area contributed by atoms with E-state index in [1.165, 1.54) is 0 Å². The van der Waals surface area contributed by atoms with E-state index in [0.717, 1.165) is 56.8 Å². The van der Waals surface area contributed by atoms with Crippen molar-refractivity contribution in [1.29, 1.82) is 0 Å². The fraction of sp³-hybridized carbons (Fsp3) is 0.647. The van der Waals surface area contributed by atoms with Crippen LogP contribution in [0.2, 0.25) is 0 Å². The second kappa shape index (κ2) is 6.34. The Balaban J connectivity index is 1.65. The van der Waals surface area contributed by atoms with Gasteiger partial charge in [0.25, 0.3) is 0 Å². The summed E-state index contributed by atoms with van der Waals surface area (Å²) < 4.78 is 17.7. The van der Waals surface area contributed by atoms with E-state index in [1.807, 2.05) is 25.1 Å². The molecule has 21 heavy (non-hydrogen) atoms. The van der Waals surface area contributed by atoms with Gasteiger partial charge in [0, 0.05) is 32.1 Å². The molecule has 1 aromatic carbocycles. The van der Waals surface area contributed by atoms with Crippen molar-refractivity contribution in [3.63, 3.8) is 0 Å². The zero-order valence-electron chi connectivity index (χ0n) is 12.7. The van der Waals surface area contributed by atoms with Gasteiger partial charge in [0.2, 0.25) is 0 Å². The van der Waals surface area contributed by atoms with E-state index in [4.69, 9.17) is 19.9 Å². The molecule has 2 aliphatic heterocycles. The molecule has 2 N–H and O–H groups in total. The van der Waals surface area contributed by atoms with Crippen LogP contribution in [-0.4, -0.2) is 31.5 Å². The van der Waals surface area contributed by atoms with Crippen LogP contribution in [0.5, 0.6) is 5.75 Å². The summed E-state index contributed by atoms with van der Waals surface area (Å²) in [4.78, 5) is 0. The Bertz CT molecular complexity index is 463. The Labute approximate surface area is 126 Å². The van der Waals surface area contributed by atoms with Gasteiger partial charge in [-0.05, 0) is 37.5 Å². The van der Waals surface area contributed by atoms with Gasteiger partial charge in [-0.2, -0.15) is 0 Å². The van der Waals surface area contributed by atoms with Crippen LogP contribution in [0.1, 0.15) is 44.2 Å². The molecule has 1 aromatic rings. The molecule has 4 nitrogen and oxygen atoms in total. The molecule has 2 fully saturated rings. The van der Waals surface area contributed by atoms with E-state index in [1.54, 1.807) is 0 Å². The lowest BCUT2D eigenvalue weighted by molar-refractivity contribution is -0.155. The van der Waals surface area contributed by atoms with Crippen LogP contribution < -0.4 is 10.5 Å². The summed E-state index contributed by atoms with van der Waals surface area (Å²) in [6.45, 7) is 4.36. The van der Waals surface area contributed by atoms with Crippen LogP contribution in [0, 0.1) is 0 Å². The lowest BCUT2D eigenvalue weighted by Crippen LogP contribution is -2.47. The zero-order valence-corrected chi connectivity index (χ0v) is 12.7. The Morgan fingerprint density at radius 2 is 2.10 bits per heavy atom. The lowest BCUT2D eigenvalue weighted by Gasteiger charge is -2.43. The maximum atomic E-state index is 6.20. The van der Waals surface area contributed by atoms with Crippen molar-refractivity contribution < 1.29 is 14.2 Å². The lowest BCUT2D eigenvalue weighted by atomic mass is 9.85. The Morgan fingerprint density at radius 3 is 2.86 bits per heavy atom. The predicted octanol–water partition coefficient (Wildman–Crippen LogP) is 2.81. The molecular weight excluding hydrogens is 266 g/mol. The largest absolute Gasteiger partial charge is 0.490 e.